The van der Waals surface area contributed by atoms with Crippen LogP contribution in [-0.2, 0) is 0 Å². The number of hydrogen-bond donors (Lipinski definition) is 1. The third-order valence-corrected chi connectivity index (χ3v) is 4.68. The Morgan fingerprint density at radius 3 is 2.89 bits per heavy atom. The minimum Gasteiger partial charge on any atom is -0.268 e. The zero-order chi connectivity index (χ0) is 13.1. The molecule has 0 aliphatic heterocycles. The molecular formula is C12H18N4OS. The van der Waals surface area contributed by atoms with Crippen molar-refractivity contribution in [1.29, 1.82) is 5.26 Å². The predicted octanol–water partition coefficient (Wildman–Crippen LogP) is 2.33. The van der Waals surface area contributed by atoms with Crippen molar-refractivity contribution < 1.29 is 0 Å². The van der Waals surface area contributed by atoms with E-state index in [2.05, 4.69) is 16.3 Å². The first-order chi connectivity index (χ1) is 8.63. The zero-order valence-electron chi connectivity index (χ0n) is 10.7. The van der Waals surface area contributed by atoms with Gasteiger partial charge in [-0.2, -0.15) is 5.26 Å². The van der Waals surface area contributed by atoms with Crippen LogP contribution in [0, 0.1) is 17.2 Å². The van der Waals surface area contributed by atoms with Crippen LogP contribution in [0.2, 0.25) is 0 Å². The number of rotatable bonds is 3. The molecule has 0 aromatic carbocycles. The Balaban J connectivity index is 2.18. The van der Waals surface area contributed by atoms with Gasteiger partial charge in [-0.15, -0.1) is 5.10 Å². The van der Waals surface area contributed by atoms with Crippen molar-refractivity contribution in [1.82, 2.24) is 14.8 Å². The average Bonchev–Trinajstić information content (AvgIpc) is 2.71. The molecule has 1 aromatic heterocycles. The summed E-state index contributed by atoms with van der Waals surface area (Å²) < 4.78 is 1.66. The van der Waals surface area contributed by atoms with Gasteiger partial charge in [0, 0.05) is 11.3 Å². The number of nitrogens with zero attached hydrogens (tertiary/aromatic N) is 3. The first kappa shape index (κ1) is 13.2. The van der Waals surface area contributed by atoms with Crippen LogP contribution in [0.15, 0.2) is 9.95 Å². The van der Waals surface area contributed by atoms with Gasteiger partial charge < -0.3 is 0 Å². The molecule has 6 heteroatoms. The minimum atomic E-state index is -0.170. The molecule has 1 heterocycles. The summed E-state index contributed by atoms with van der Waals surface area (Å²) in [6.45, 7) is 3.92. The number of H-pyrrole nitrogens is 1. The van der Waals surface area contributed by atoms with Gasteiger partial charge in [0.05, 0.1) is 12.0 Å². The van der Waals surface area contributed by atoms with Crippen molar-refractivity contribution in [2.45, 2.75) is 56.0 Å². The van der Waals surface area contributed by atoms with Crippen molar-refractivity contribution in [2.75, 3.05) is 0 Å². The van der Waals surface area contributed by atoms with Gasteiger partial charge in [-0.25, -0.2) is 9.89 Å². The Hall–Kier alpha value is -1.22. The zero-order valence-corrected chi connectivity index (χ0v) is 11.5. The fourth-order valence-corrected chi connectivity index (χ4v) is 3.77. The fourth-order valence-electron chi connectivity index (χ4n) is 2.35. The molecule has 1 fully saturated rings. The first-order valence-electron chi connectivity index (χ1n) is 6.36. The molecule has 18 heavy (non-hydrogen) atoms. The van der Waals surface area contributed by atoms with Gasteiger partial charge in [0.25, 0.3) is 0 Å². The SMILES string of the molecule is CC(C)n1c(SC2CCCCC2C#N)n[nH]c1=O. The highest BCUT2D eigenvalue weighted by Crippen LogP contribution is 2.36. The van der Waals surface area contributed by atoms with E-state index in [1.807, 2.05) is 13.8 Å². The van der Waals surface area contributed by atoms with E-state index in [1.165, 1.54) is 0 Å². The molecular weight excluding hydrogens is 248 g/mol. The quantitative estimate of drug-likeness (QED) is 0.911. The normalized spacial score (nSPS) is 24.1. The largest absolute Gasteiger partial charge is 0.344 e. The highest BCUT2D eigenvalue weighted by molar-refractivity contribution is 7.99. The summed E-state index contributed by atoms with van der Waals surface area (Å²) >= 11 is 1.57. The third-order valence-electron chi connectivity index (χ3n) is 3.31. The lowest BCUT2D eigenvalue weighted by atomic mass is 9.90. The van der Waals surface area contributed by atoms with Crippen LogP contribution in [0.4, 0.5) is 0 Å². The topological polar surface area (TPSA) is 74.5 Å². The van der Waals surface area contributed by atoms with Crippen LogP contribution in [0.1, 0.15) is 45.6 Å². The molecule has 0 amide bonds. The van der Waals surface area contributed by atoms with Crippen LogP contribution < -0.4 is 5.69 Å². The van der Waals surface area contributed by atoms with Crippen LogP contribution in [0.5, 0.6) is 0 Å². The van der Waals surface area contributed by atoms with E-state index < -0.39 is 0 Å². The second-order valence-electron chi connectivity index (χ2n) is 4.95. The lowest BCUT2D eigenvalue weighted by molar-refractivity contribution is 0.437. The van der Waals surface area contributed by atoms with Gasteiger partial charge in [-0.1, -0.05) is 24.6 Å². The van der Waals surface area contributed by atoms with Crippen LogP contribution in [-0.4, -0.2) is 20.0 Å². The number of hydrogen-bond acceptors (Lipinski definition) is 4. The van der Waals surface area contributed by atoms with Gasteiger partial charge in [-0.3, -0.25) is 4.57 Å². The van der Waals surface area contributed by atoms with Crippen molar-refractivity contribution in [3.63, 3.8) is 0 Å². The highest BCUT2D eigenvalue weighted by atomic mass is 32.2. The first-order valence-corrected chi connectivity index (χ1v) is 7.24. The monoisotopic (exact) mass is 266 g/mol. The molecule has 1 aliphatic rings. The molecule has 98 valence electrons. The standard InChI is InChI=1S/C12H18N4OS/c1-8(2)16-11(17)14-15-12(16)18-10-6-4-3-5-9(10)7-13/h8-10H,3-6H2,1-2H3,(H,14,17). The smallest absolute Gasteiger partial charge is 0.268 e. The molecule has 5 nitrogen and oxygen atoms in total. The lowest BCUT2D eigenvalue weighted by Crippen LogP contribution is -2.23. The summed E-state index contributed by atoms with van der Waals surface area (Å²) in [5.41, 5.74) is -0.170. The molecule has 2 atom stereocenters. The van der Waals surface area contributed by atoms with E-state index in [-0.39, 0.29) is 22.9 Å². The Kier molecular flexibility index (Phi) is 4.12. The van der Waals surface area contributed by atoms with E-state index in [0.717, 1.165) is 25.7 Å². The Bertz CT molecular complexity index is 499. The van der Waals surface area contributed by atoms with Gasteiger partial charge >= 0.3 is 5.69 Å². The maximum Gasteiger partial charge on any atom is 0.344 e. The van der Waals surface area contributed by atoms with E-state index in [0.29, 0.717) is 5.16 Å². The molecule has 2 rings (SSSR count). The van der Waals surface area contributed by atoms with E-state index in [9.17, 15) is 4.79 Å². The van der Waals surface area contributed by atoms with Gasteiger partial charge in [0.15, 0.2) is 5.16 Å². The maximum absolute atomic E-state index is 11.6. The van der Waals surface area contributed by atoms with Crippen LogP contribution in [0.25, 0.3) is 0 Å². The predicted molar refractivity (Wildman–Crippen MR) is 70.4 cm³/mol. The number of aromatic nitrogens is 3. The van der Waals surface area contributed by atoms with E-state index >= 15 is 0 Å². The Morgan fingerprint density at radius 1 is 1.50 bits per heavy atom. The molecule has 1 aromatic rings. The number of nitrogens with one attached hydrogen (secondary N) is 1. The van der Waals surface area contributed by atoms with Crippen molar-refractivity contribution in [2.24, 2.45) is 5.92 Å². The summed E-state index contributed by atoms with van der Waals surface area (Å²) in [7, 11) is 0. The van der Waals surface area contributed by atoms with Crippen molar-refractivity contribution in [3.05, 3.63) is 10.5 Å². The summed E-state index contributed by atoms with van der Waals surface area (Å²) in [4.78, 5) is 11.6. The molecule has 0 spiro atoms. The lowest BCUT2D eigenvalue weighted by Gasteiger charge is -2.25. The molecule has 0 saturated heterocycles. The summed E-state index contributed by atoms with van der Waals surface area (Å²) in [6.07, 6.45) is 4.28. The number of thioether (sulfide) groups is 1. The van der Waals surface area contributed by atoms with Crippen molar-refractivity contribution >= 4 is 11.8 Å². The third kappa shape index (κ3) is 2.61. The van der Waals surface area contributed by atoms with Gasteiger partial charge in [-0.05, 0) is 26.7 Å². The molecule has 0 bridgehead atoms. The Labute approximate surface area is 111 Å². The summed E-state index contributed by atoms with van der Waals surface area (Å²) in [5, 5.41) is 16.7. The van der Waals surface area contributed by atoms with Crippen molar-refractivity contribution in [3.8, 4) is 6.07 Å². The van der Waals surface area contributed by atoms with Crippen LogP contribution in [0.3, 0.4) is 0 Å². The summed E-state index contributed by atoms with van der Waals surface area (Å²) in [5.74, 6) is 0.0798. The highest BCUT2D eigenvalue weighted by Gasteiger charge is 2.28. The number of nitriles is 1. The summed E-state index contributed by atoms with van der Waals surface area (Å²) in [6, 6.07) is 2.47. The van der Waals surface area contributed by atoms with E-state index in [1.54, 1.807) is 16.3 Å². The Morgan fingerprint density at radius 2 is 2.22 bits per heavy atom. The van der Waals surface area contributed by atoms with Gasteiger partial charge in [0.1, 0.15) is 0 Å². The molecule has 1 aliphatic carbocycles. The molecule has 1 saturated carbocycles. The van der Waals surface area contributed by atoms with Gasteiger partial charge in [0.2, 0.25) is 0 Å². The molecule has 1 N–H and O–H groups in total. The van der Waals surface area contributed by atoms with Crippen LogP contribution >= 0.6 is 11.8 Å². The maximum atomic E-state index is 11.6. The molecule has 2 unspecified atom stereocenters. The fraction of sp³-hybridized carbons (Fsp3) is 0.750. The second kappa shape index (κ2) is 5.61. The molecule has 0 radical (unpaired) electrons. The van der Waals surface area contributed by atoms with E-state index in [4.69, 9.17) is 5.26 Å². The number of aromatic amines is 1. The average molecular weight is 266 g/mol. The minimum absolute atomic E-state index is 0.0798. The second-order valence-corrected chi connectivity index (χ2v) is 6.16.